The Morgan fingerprint density at radius 1 is 1.08 bits per heavy atom. The number of nitrogens with one attached hydrogen (secondary N) is 1. The van der Waals surface area contributed by atoms with Crippen LogP contribution >= 0.6 is 0 Å². The quantitative estimate of drug-likeness (QED) is 0.802. The summed E-state index contributed by atoms with van der Waals surface area (Å²) in [5.41, 5.74) is 4.18. The molecule has 4 nitrogen and oxygen atoms in total. The van der Waals surface area contributed by atoms with Gasteiger partial charge in [-0.25, -0.2) is 0 Å². The lowest BCUT2D eigenvalue weighted by atomic mass is 9.96. The minimum atomic E-state index is -1.17. The molecule has 4 heteroatoms. The second kappa shape index (κ2) is 8.89. The molecule has 130 valence electrons. The van der Waals surface area contributed by atoms with Crippen molar-refractivity contribution in [3.63, 3.8) is 0 Å². The van der Waals surface area contributed by atoms with E-state index in [9.17, 15) is 9.90 Å². The van der Waals surface area contributed by atoms with Crippen molar-refractivity contribution in [2.24, 2.45) is 0 Å². The van der Waals surface area contributed by atoms with Gasteiger partial charge >= 0.3 is 0 Å². The third-order valence-corrected chi connectivity index (χ3v) is 4.05. The predicted molar refractivity (Wildman–Crippen MR) is 97.0 cm³/mol. The zero-order valence-corrected chi connectivity index (χ0v) is 14.7. The van der Waals surface area contributed by atoms with E-state index in [2.05, 4.69) is 25.2 Å². The molecule has 0 aliphatic carbocycles. The first-order valence-corrected chi connectivity index (χ1v) is 8.67. The summed E-state index contributed by atoms with van der Waals surface area (Å²) in [5.74, 6) is -1.17. The van der Waals surface area contributed by atoms with Crippen molar-refractivity contribution < 1.29 is 9.90 Å². The third-order valence-electron chi connectivity index (χ3n) is 4.05. The Balaban J connectivity index is 2.34. The van der Waals surface area contributed by atoms with Gasteiger partial charge in [0.05, 0.1) is 23.6 Å². The molecule has 1 unspecified atom stereocenters. The number of aryl methyl sites for hydroxylation is 2. The molecule has 0 aromatic heterocycles. The number of anilines is 1. The molecule has 0 saturated heterocycles. The molecule has 2 aromatic rings. The van der Waals surface area contributed by atoms with Gasteiger partial charge in [0.15, 0.2) is 0 Å². The van der Waals surface area contributed by atoms with Crippen LogP contribution in [0.15, 0.2) is 42.5 Å². The second-order valence-corrected chi connectivity index (χ2v) is 6.17. The average molecular weight is 335 g/mol. The molecule has 0 fully saturated rings. The first-order chi connectivity index (χ1) is 12.1. The minimum absolute atomic E-state index is 0.533. The van der Waals surface area contributed by atoms with Crippen LogP contribution in [0.3, 0.4) is 0 Å². The average Bonchev–Trinajstić information content (AvgIpc) is 2.60. The Labute approximate surface area is 149 Å². The molecule has 1 N–H and O–H groups in total. The topological polar surface area (TPSA) is 76.0 Å². The molecule has 0 bridgehead atoms. The van der Waals surface area contributed by atoms with Crippen molar-refractivity contribution >= 4 is 11.7 Å². The Bertz CT molecular complexity index is 736. The number of aliphatic carboxylic acids is 1. The maximum atomic E-state index is 11.7. The monoisotopic (exact) mass is 335 g/mol. The van der Waals surface area contributed by atoms with Crippen LogP contribution in [0.2, 0.25) is 0 Å². The van der Waals surface area contributed by atoms with Crippen LogP contribution in [0.25, 0.3) is 0 Å². The van der Waals surface area contributed by atoms with Gasteiger partial charge in [-0.1, -0.05) is 44.9 Å². The van der Waals surface area contributed by atoms with Gasteiger partial charge in [-0.3, -0.25) is 0 Å². The molecule has 25 heavy (non-hydrogen) atoms. The number of rotatable bonds is 8. The van der Waals surface area contributed by atoms with Crippen molar-refractivity contribution in [2.75, 3.05) is 5.32 Å². The van der Waals surface area contributed by atoms with Crippen LogP contribution < -0.4 is 10.4 Å². The van der Waals surface area contributed by atoms with Crippen molar-refractivity contribution in [1.29, 1.82) is 5.26 Å². The van der Waals surface area contributed by atoms with E-state index in [4.69, 9.17) is 5.26 Å². The molecular weight excluding hydrogens is 312 g/mol. The number of carboxylic acids is 1. The molecule has 0 spiro atoms. The maximum Gasteiger partial charge on any atom is 0.0991 e. The normalized spacial score (nSPS) is 11.6. The Hall–Kier alpha value is -2.80. The van der Waals surface area contributed by atoms with Gasteiger partial charge in [0.1, 0.15) is 0 Å². The molecule has 0 aliphatic rings. The highest BCUT2D eigenvalue weighted by Crippen LogP contribution is 2.23. The molecule has 2 aromatic carbocycles. The number of benzene rings is 2. The van der Waals surface area contributed by atoms with E-state index in [1.165, 1.54) is 0 Å². The lowest BCUT2D eigenvalue weighted by Gasteiger charge is -2.23. The van der Waals surface area contributed by atoms with Crippen LogP contribution in [0.1, 0.15) is 55.0 Å². The molecule has 0 heterocycles. The lowest BCUT2D eigenvalue weighted by Crippen LogP contribution is -2.34. The molecule has 0 saturated carbocycles. The maximum absolute atomic E-state index is 11.7. The molecular formula is C21H23N2O2-. The zero-order valence-electron chi connectivity index (χ0n) is 14.7. The van der Waals surface area contributed by atoms with E-state index < -0.39 is 12.0 Å². The van der Waals surface area contributed by atoms with E-state index in [-0.39, 0.29) is 0 Å². The smallest absolute Gasteiger partial charge is 0.0991 e. The molecule has 0 radical (unpaired) electrons. The van der Waals surface area contributed by atoms with Gasteiger partial charge in [-0.15, -0.1) is 0 Å². The first-order valence-electron chi connectivity index (χ1n) is 8.67. The Morgan fingerprint density at radius 3 is 2.08 bits per heavy atom. The van der Waals surface area contributed by atoms with Crippen molar-refractivity contribution in [1.82, 2.24) is 0 Å². The predicted octanol–water partition coefficient (Wildman–Crippen LogP) is 3.37. The number of hydrogen-bond donors (Lipinski definition) is 1. The van der Waals surface area contributed by atoms with E-state index in [0.717, 1.165) is 36.8 Å². The van der Waals surface area contributed by atoms with Gasteiger partial charge in [0.2, 0.25) is 0 Å². The SMILES string of the molecule is CCCc1cc(CCC)cc(C(Nc2ccc(C#N)cc2)C(=O)[O-])c1. The van der Waals surface area contributed by atoms with E-state index in [1.807, 2.05) is 18.2 Å². The highest BCUT2D eigenvalue weighted by atomic mass is 16.4. The summed E-state index contributed by atoms with van der Waals surface area (Å²) < 4.78 is 0. The number of hydrogen-bond acceptors (Lipinski definition) is 4. The fourth-order valence-corrected chi connectivity index (χ4v) is 2.91. The minimum Gasteiger partial charge on any atom is -0.548 e. The van der Waals surface area contributed by atoms with Crippen molar-refractivity contribution in [2.45, 2.75) is 45.6 Å². The summed E-state index contributed by atoms with van der Waals surface area (Å²) in [7, 11) is 0. The summed E-state index contributed by atoms with van der Waals surface area (Å²) in [5, 5.41) is 23.6. The van der Waals surface area contributed by atoms with Gasteiger partial charge < -0.3 is 15.2 Å². The van der Waals surface area contributed by atoms with Gasteiger partial charge in [0, 0.05) is 5.69 Å². The molecule has 1 atom stereocenters. The number of carboxylic acid groups (broad SMARTS) is 1. The van der Waals surface area contributed by atoms with E-state index >= 15 is 0 Å². The number of carbonyl (C=O) groups is 1. The second-order valence-electron chi connectivity index (χ2n) is 6.17. The van der Waals surface area contributed by atoms with Crippen molar-refractivity contribution in [3.05, 3.63) is 64.7 Å². The first kappa shape index (κ1) is 18.5. The summed E-state index contributed by atoms with van der Waals surface area (Å²) in [6, 6.07) is 13.9. The zero-order chi connectivity index (χ0) is 18.2. The van der Waals surface area contributed by atoms with Crippen LogP contribution in [0, 0.1) is 11.3 Å². The van der Waals surface area contributed by atoms with Gasteiger partial charge in [-0.2, -0.15) is 5.26 Å². The van der Waals surface area contributed by atoms with Gasteiger partial charge in [0.25, 0.3) is 0 Å². The fourth-order valence-electron chi connectivity index (χ4n) is 2.91. The van der Waals surface area contributed by atoms with Gasteiger partial charge in [-0.05, 0) is 53.8 Å². The van der Waals surface area contributed by atoms with E-state index in [1.54, 1.807) is 24.3 Å². The number of carbonyl (C=O) groups excluding carboxylic acids is 1. The summed E-state index contributed by atoms with van der Waals surface area (Å²) in [6.45, 7) is 4.22. The fraction of sp³-hybridized carbons (Fsp3) is 0.333. The molecule has 2 rings (SSSR count). The summed E-state index contributed by atoms with van der Waals surface area (Å²) in [6.07, 6.45) is 3.85. The largest absolute Gasteiger partial charge is 0.548 e. The van der Waals surface area contributed by atoms with Crippen LogP contribution in [0.5, 0.6) is 0 Å². The lowest BCUT2D eigenvalue weighted by molar-refractivity contribution is -0.307. The Kier molecular flexibility index (Phi) is 6.59. The summed E-state index contributed by atoms with van der Waals surface area (Å²) >= 11 is 0. The highest BCUT2D eigenvalue weighted by Gasteiger charge is 2.15. The molecule has 0 amide bonds. The number of nitrogens with zero attached hydrogens (tertiary/aromatic N) is 1. The Morgan fingerprint density at radius 2 is 1.64 bits per heavy atom. The van der Waals surface area contributed by atoms with Crippen LogP contribution in [0.4, 0.5) is 5.69 Å². The van der Waals surface area contributed by atoms with Crippen LogP contribution in [-0.2, 0) is 17.6 Å². The third kappa shape index (κ3) is 5.09. The summed E-state index contributed by atoms with van der Waals surface area (Å²) in [4.78, 5) is 11.7. The van der Waals surface area contributed by atoms with E-state index in [0.29, 0.717) is 16.8 Å². The molecule has 0 aliphatic heterocycles. The standard InChI is InChI=1S/C21H24N2O2/c1-3-5-16-11-17(6-4-2)13-18(12-16)20(21(24)25)23-19-9-7-15(14-22)8-10-19/h7-13,20,23H,3-6H2,1-2H3,(H,24,25)/p-1. The van der Waals surface area contributed by atoms with Crippen LogP contribution in [-0.4, -0.2) is 5.97 Å². The highest BCUT2D eigenvalue weighted by molar-refractivity contribution is 5.77. The van der Waals surface area contributed by atoms with Crippen molar-refractivity contribution in [3.8, 4) is 6.07 Å². The number of nitriles is 1.